The summed E-state index contributed by atoms with van der Waals surface area (Å²) in [4.78, 5) is 20.7. The zero-order valence-electron chi connectivity index (χ0n) is 6.18. The van der Waals surface area contributed by atoms with Crippen molar-refractivity contribution in [2.24, 2.45) is 0 Å². The van der Waals surface area contributed by atoms with Gasteiger partial charge in [-0.1, -0.05) is 6.92 Å². The minimum absolute atomic E-state index is 0.158. The smallest absolute Gasteiger partial charge is 0.242 e. The summed E-state index contributed by atoms with van der Waals surface area (Å²) in [7, 11) is 1.54. The fourth-order valence-electron chi connectivity index (χ4n) is 0.635. The molecular weight excluding hydrogens is 132 g/mol. The van der Waals surface area contributed by atoms with Gasteiger partial charge in [-0.3, -0.25) is 9.59 Å². The van der Waals surface area contributed by atoms with Crippen molar-refractivity contribution in [3.8, 4) is 0 Å². The minimum atomic E-state index is -0.387. The molecule has 58 valence electrons. The lowest BCUT2D eigenvalue weighted by molar-refractivity contribution is -0.124. The molecule has 0 aliphatic heterocycles. The van der Waals surface area contributed by atoms with Crippen LogP contribution in [0.2, 0.25) is 0 Å². The van der Waals surface area contributed by atoms with E-state index in [1.807, 2.05) is 6.92 Å². The van der Waals surface area contributed by atoms with Crippen LogP contribution in [0.5, 0.6) is 0 Å². The van der Waals surface area contributed by atoms with Crippen LogP contribution in [-0.4, -0.2) is 25.4 Å². The molecule has 0 bridgehead atoms. The topological polar surface area (TPSA) is 58.2 Å². The highest BCUT2D eigenvalue weighted by atomic mass is 16.2. The Labute approximate surface area is 60.0 Å². The van der Waals surface area contributed by atoms with Crippen LogP contribution in [0.4, 0.5) is 0 Å². The molecule has 2 amide bonds. The third-order valence-electron chi connectivity index (χ3n) is 1.24. The van der Waals surface area contributed by atoms with Crippen molar-refractivity contribution in [1.29, 1.82) is 0 Å². The van der Waals surface area contributed by atoms with Gasteiger partial charge in [0.25, 0.3) is 0 Å². The molecule has 1 unspecified atom stereocenters. The first-order valence-electron chi connectivity index (χ1n) is 3.17. The average molecular weight is 144 g/mol. The molecule has 2 N–H and O–H groups in total. The summed E-state index contributed by atoms with van der Waals surface area (Å²) in [5.41, 5.74) is 0. The van der Waals surface area contributed by atoms with Crippen LogP contribution in [0.3, 0.4) is 0 Å². The fraction of sp³-hybridized carbons (Fsp3) is 0.667. The van der Waals surface area contributed by atoms with Crippen LogP contribution in [0.1, 0.15) is 13.3 Å². The molecule has 0 rings (SSSR count). The van der Waals surface area contributed by atoms with Gasteiger partial charge >= 0.3 is 0 Å². The zero-order valence-corrected chi connectivity index (χ0v) is 6.18. The van der Waals surface area contributed by atoms with E-state index in [1.54, 1.807) is 0 Å². The first kappa shape index (κ1) is 8.94. The lowest BCUT2D eigenvalue weighted by Gasteiger charge is -2.10. The van der Waals surface area contributed by atoms with Gasteiger partial charge in [-0.05, 0) is 6.42 Å². The second-order valence-electron chi connectivity index (χ2n) is 1.86. The van der Waals surface area contributed by atoms with E-state index in [9.17, 15) is 9.59 Å². The highest BCUT2D eigenvalue weighted by Gasteiger charge is 2.11. The van der Waals surface area contributed by atoms with E-state index >= 15 is 0 Å². The van der Waals surface area contributed by atoms with Crippen LogP contribution in [-0.2, 0) is 9.59 Å². The lowest BCUT2D eigenvalue weighted by atomic mass is 10.2. The molecule has 0 aliphatic rings. The maximum atomic E-state index is 10.8. The Balaban J connectivity index is 3.79. The van der Waals surface area contributed by atoms with E-state index in [2.05, 4.69) is 10.6 Å². The SMILES string of the molecule is CCC(NC=O)C(=O)NC. The van der Waals surface area contributed by atoms with Crippen molar-refractivity contribution in [1.82, 2.24) is 10.6 Å². The molecule has 10 heavy (non-hydrogen) atoms. The molecule has 0 aliphatic carbocycles. The summed E-state index contributed by atoms with van der Waals surface area (Å²) in [5.74, 6) is -0.158. The Bertz CT molecular complexity index is 125. The zero-order chi connectivity index (χ0) is 7.98. The Morgan fingerprint density at radius 3 is 2.60 bits per heavy atom. The maximum absolute atomic E-state index is 10.8. The van der Waals surface area contributed by atoms with Crippen molar-refractivity contribution < 1.29 is 9.59 Å². The van der Waals surface area contributed by atoms with E-state index in [0.29, 0.717) is 12.8 Å². The molecule has 4 heteroatoms. The van der Waals surface area contributed by atoms with Gasteiger partial charge in [0.15, 0.2) is 0 Å². The van der Waals surface area contributed by atoms with Gasteiger partial charge in [0.05, 0.1) is 0 Å². The maximum Gasteiger partial charge on any atom is 0.242 e. The van der Waals surface area contributed by atoms with Gasteiger partial charge < -0.3 is 10.6 Å². The van der Waals surface area contributed by atoms with Crippen LogP contribution < -0.4 is 10.6 Å². The number of nitrogens with one attached hydrogen (secondary N) is 2. The van der Waals surface area contributed by atoms with Crippen molar-refractivity contribution >= 4 is 12.3 Å². The Hall–Kier alpha value is -1.06. The molecule has 4 nitrogen and oxygen atoms in total. The Kier molecular flexibility index (Phi) is 4.28. The van der Waals surface area contributed by atoms with Gasteiger partial charge in [0, 0.05) is 7.05 Å². The highest BCUT2D eigenvalue weighted by molar-refractivity contribution is 5.83. The summed E-state index contributed by atoms with van der Waals surface area (Å²) in [6.07, 6.45) is 1.14. The summed E-state index contributed by atoms with van der Waals surface area (Å²) >= 11 is 0. The van der Waals surface area contributed by atoms with Crippen molar-refractivity contribution in [3.63, 3.8) is 0 Å². The monoisotopic (exact) mass is 144 g/mol. The summed E-state index contributed by atoms with van der Waals surface area (Å²) in [6.45, 7) is 1.83. The van der Waals surface area contributed by atoms with Gasteiger partial charge in [-0.15, -0.1) is 0 Å². The molecule has 0 heterocycles. The molecular formula is C6H12N2O2. The van der Waals surface area contributed by atoms with Crippen LogP contribution >= 0.6 is 0 Å². The molecule has 0 fully saturated rings. The summed E-state index contributed by atoms with van der Waals surface area (Å²) < 4.78 is 0. The quantitative estimate of drug-likeness (QED) is 0.510. The molecule has 0 saturated carbocycles. The second-order valence-corrected chi connectivity index (χ2v) is 1.86. The van der Waals surface area contributed by atoms with Crippen LogP contribution in [0.25, 0.3) is 0 Å². The summed E-state index contributed by atoms with van der Waals surface area (Å²) in [6, 6.07) is -0.387. The van der Waals surface area contributed by atoms with Crippen LogP contribution in [0.15, 0.2) is 0 Å². The van der Waals surface area contributed by atoms with Crippen molar-refractivity contribution in [3.05, 3.63) is 0 Å². The van der Waals surface area contributed by atoms with Gasteiger partial charge in [-0.25, -0.2) is 0 Å². The number of carbonyl (C=O) groups excluding carboxylic acids is 2. The number of hydrogen-bond donors (Lipinski definition) is 2. The Morgan fingerprint density at radius 2 is 2.30 bits per heavy atom. The minimum Gasteiger partial charge on any atom is -0.357 e. The largest absolute Gasteiger partial charge is 0.357 e. The van der Waals surface area contributed by atoms with Gasteiger partial charge in [0.1, 0.15) is 6.04 Å². The standard InChI is InChI=1S/C6H12N2O2/c1-3-5(8-4-9)6(10)7-2/h4-5H,3H2,1-2H3,(H,7,10)(H,8,9). The number of hydrogen-bond acceptors (Lipinski definition) is 2. The van der Waals surface area contributed by atoms with Gasteiger partial charge in [-0.2, -0.15) is 0 Å². The number of likely N-dealkylation sites (N-methyl/N-ethyl adjacent to an activating group) is 1. The second kappa shape index (κ2) is 4.78. The first-order valence-corrected chi connectivity index (χ1v) is 3.17. The molecule has 0 aromatic rings. The fourth-order valence-corrected chi connectivity index (χ4v) is 0.635. The number of carbonyl (C=O) groups is 2. The average Bonchev–Trinajstić information content (AvgIpc) is 1.99. The first-order chi connectivity index (χ1) is 4.76. The van der Waals surface area contributed by atoms with Gasteiger partial charge in [0.2, 0.25) is 12.3 Å². The van der Waals surface area contributed by atoms with E-state index in [1.165, 1.54) is 7.05 Å². The molecule has 0 aromatic heterocycles. The molecule has 0 saturated heterocycles. The summed E-state index contributed by atoms with van der Waals surface area (Å²) in [5, 5.41) is 4.83. The molecule has 1 atom stereocenters. The predicted molar refractivity (Wildman–Crippen MR) is 37.3 cm³/mol. The number of amides is 2. The molecule has 0 aromatic carbocycles. The molecule has 0 spiro atoms. The molecule has 0 radical (unpaired) electrons. The normalized spacial score (nSPS) is 11.8. The highest BCUT2D eigenvalue weighted by Crippen LogP contribution is 1.87. The van der Waals surface area contributed by atoms with Crippen molar-refractivity contribution in [2.45, 2.75) is 19.4 Å². The van der Waals surface area contributed by atoms with E-state index in [4.69, 9.17) is 0 Å². The third kappa shape index (κ3) is 2.48. The Morgan fingerprint density at radius 1 is 1.70 bits per heavy atom. The van der Waals surface area contributed by atoms with E-state index in [-0.39, 0.29) is 11.9 Å². The lowest BCUT2D eigenvalue weighted by Crippen LogP contribution is -2.41. The van der Waals surface area contributed by atoms with E-state index < -0.39 is 0 Å². The predicted octanol–water partition coefficient (Wildman–Crippen LogP) is -0.743. The number of rotatable bonds is 4. The van der Waals surface area contributed by atoms with Crippen LogP contribution in [0, 0.1) is 0 Å². The third-order valence-corrected chi connectivity index (χ3v) is 1.24. The van der Waals surface area contributed by atoms with E-state index in [0.717, 1.165) is 0 Å². The van der Waals surface area contributed by atoms with Crippen molar-refractivity contribution in [2.75, 3.05) is 7.05 Å².